The molecule has 33 heavy (non-hydrogen) atoms. The highest BCUT2D eigenvalue weighted by atomic mass is 32.1. The van der Waals surface area contributed by atoms with E-state index in [-0.39, 0.29) is 23.2 Å². The van der Waals surface area contributed by atoms with Gasteiger partial charge in [0.15, 0.2) is 5.11 Å². The first kappa shape index (κ1) is 24.7. The molecule has 0 radical (unpaired) electrons. The fourth-order valence-electron chi connectivity index (χ4n) is 3.99. The van der Waals surface area contributed by atoms with Crippen molar-refractivity contribution in [2.75, 3.05) is 25.2 Å². The molecule has 3 rings (SSSR count). The molecule has 2 heterocycles. The third kappa shape index (κ3) is 5.52. The number of rotatable bonds is 4. The van der Waals surface area contributed by atoms with Gasteiger partial charge in [-0.3, -0.25) is 15.0 Å². The summed E-state index contributed by atoms with van der Waals surface area (Å²) in [4.78, 5) is 26.8. The number of allylic oxidation sites excluding steroid dienone is 1. The summed E-state index contributed by atoms with van der Waals surface area (Å²) in [5.74, 6) is -0.434. The van der Waals surface area contributed by atoms with Crippen molar-refractivity contribution in [1.82, 2.24) is 15.8 Å². The minimum absolute atomic E-state index is 0.0387. The second-order valence-electron chi connectivity index (χ2n) is 9.44. The number of anilines is 1. The molecular weight excluding hydrogens is 438 g/mol. The minimum Gasteiger partial charge on any atom is -0.469 e. The van der Waals surface area contributed by atoms with Gasteiger partial charge < -0.3 is 15.1 Å². The van der Waals surface area contributed by atoms with Gasteiger partial charge in [-0.1, -0.05) is 32.9 Å². The Balaban J connectivity index is 1.62. The zero-order chi connectivity index (χ0) is 24.3. The van der Waals surface area contributed by atoms with Crippen molar-refractivity contribution < 1.29 is 14.3 Å². The van der Waals surface area contributed by atoms with Crippen molar-refractivity contribution in [3.05, 3.63) is 41.1 Å². The van der Waals surface area contributed by atoms with E-state index in [0.29, 0.717) is 48.0 Å². The number of carbonyl (C=O) groups excluding carboxylic acids is 2. The molecule has 0 aliphatic carbocycles. The number of nitrogens with zero attached hydrogens (tertiary/aromatic N) is 3. The molecule has 2 N–H and O–H groups in total. The molecule has 2 aliphatic rings. The molecule has 8 nitrogen and oxygen atoms in total. The molecule has 0 unspecified atom stereocenters. The van der Waals surface area contributed by atoms with E-state index in [4.69, 9.17) is 17.0 Å². The molecule has 1 saturated heterocycles. The van der Waals surface area contributed by atoms with E-state index >= 15 is 0 Å². The first-order chi connectivity index (χ1) is 15.5. The lowest BCUT2D eigenvalue weighted by atomic mass is 9.87. The van der Waals surface area contributed by atoms with E-state index in [0.717, 1.165) is 5.69 Å². The molecule has 2 aliphatic heterocycles. The van der Waals surface area contributed by atoms with Gasteiger partial charge >= 0.3 is 5.97 Å². The average molecular weight is 472 g/mol. The van der Waals surface area contributed by atoms with Gasteiger partial charge in [0.05, 0.1) is 30.0 Å². The lowest BCUT2D eigenvalue weighted by Crippen LogP contribution is -2.49. The van der Waals surface area contributed by atoms with E-state index in [1.165, 1.54) is 17.7 Å². The zero-order valence-corrected chi connectivity index (χ0v) is 21.0. The molecule has 0 spiro atoms. The molecule has 9 heteroatoms. The predicted molar refractivity (Wildman–Crippen MR) is 134 cm³/mol. The Morgan fingerprint density at radius 3 is 2.30 bits per heavy atom. The maximum absolute atomic E-state index is 13.1. The van der Waals surface area contributed by atoms with Crippen LogP contribution >= 0.6 is 12.2 Å². The third-order valence-electron chi connectivity index (χ3n) is 6.04. The highest BCUT2D eigenvalue weighted by molar-refractivity contribution is 7.80. The molecule has 1 aromatic carbocycles. The third-order valence-corrected chi connectivity index (χ3v) is 6.40. The van der Waals surface area contributed by atoms with Crippen molar-refractivity contribution in [2.45, 2.75) is 52.9 Å². The molecular formula is C24H33N5O3S. The molecule has 0 aromatic heterocycles. The summed E-state index contributed by atoms with van der Waals surface area (Å²) < 4.78 is 4.83. The Labute approximate surface area is 201 Å². The second kappa shape index (κ2) is 9.91. The quantitative estimate of drug-likeness (QED) is 0.302. The van der Waals surface area contributed by atoms with Crippen LogP contribution in [0.2, 0.25) is 0 Å². The monoisotopic (exact) mass is 471 g/mol. The van der Waals surface area contributed by atoms with Crippen LogP contribution in [-0.4, -0.2) is 47.8 Å². The smallest absolute Gasteiger partial charge is 0.308 e. The summed E-state index contributed by atoms with van der Waals surface area (Å²) >= 11 is 5.49. The molecule has 1 fully saturated rings. The van der Waals surface area contributed by atoms with E-state index in [2.05, 4.69) is 36.7 Å². The number of methoxy groups -OCH3 is 1. The second-order valence-corrected chi connectivity index (χ2v) is 9.83. The van der Waals surface area contributed by atoms with E-state index < -0.39 is 0 Å². The molecule has 1 aromatic rings. The number of piperidine rings is 1. The van der Waals surface area contributed by atoms with Crippen LogP contribution in [0.15, 0.2) is 40.6 Å². The van der Waals surface area contributed by atoms with Gasteiger partial charge in [-0.2, -0.15) is 10.1 Å². The predicted octanol–water partition coefficient (Wildman–Crippen LogP) is 3.24. The minimum atomic E-state index is -0.187. The van der Waals surface area contributed by atoms with Crippen LogP contribution in [0.25, 0.3) is 0 Å². The lowest BCUT2D eigenvalue weighted by Gasteiger charge is -2.32. The molecule has 0 bridgehead atoms. The maximum Gasteiger partial charge on any atom is 0.308 e. The van der Waals surface area contributed by atoms with Gasteiger partial charge in [0.2, 0.25) is 0 Å². The number of ether oxygens (including phenoxy) is 1. The average Bonchev–Trinajstić information content (AvgIpc) is 3.10. The number of hydrazone groups is 1. The van der Waals surface area contributed by atoms with Crippen LogP contribution in [0.1, 0.15) is 53.0 Å². The molecule has 0 saturated carbocycles. The van der Waals surface area contributed by atoms with Gasteiger partial charge in [0.1, 0.15) is 0 Å². The summed E-state index contributed by atoms with van der Waals surface area (Å²) in [6, 6.07) is 7.91. The van der Waals surface area contributed by atoms with Crippen molar-refractivity contribution in [1.29, 1.82) is 0 Å². The van der Waals surface area contributed by atoms with Crippen LogP contribution in [0.5, 0.6) is 0 Å². The molecule has 0 atom stereocenters. The number of nitrogens with one attached hydrogen (secondary N) is 2. The van der Waals surface area contributed by atoms with Gasteiger partial charge in [-0.25, -0.2) is 0 Å². The molecule has 1 amide bonds. The van der Waals surface area contributed by atoms with Gasteiger partial charge in [-0.15, -0.1) is 0 Å². The SMILES string of the molecule is COC(=O)C1CCN(C(=S)NN/C(C)=C2\C(=O)N(c3ccc(C(C)(C)C)cc3)N=C2C)CC1. The first-order valence-electron chi connectivity index (χ1n) is 11.1. The lowest BCUT2D eigenvalue weighted by molar-refractivity contribution is -0.146. The topological polar surface area (TPSA) is 86.3 Å². The Bertz CT molecular complexity index is 986. The van der Waals surface area contributed by atoms with Crippen molar-refractivity contribution in [3.8, 4) is 0 Å². The van der Waals surface area contributed by atoms with E-state index in [1.807, 2.05) is 43.0 Å². The number of hydrazine groups is 1. The van der Waals surface area contributed by atoms with Gasteiger partial charge in [0, 0.05) is 18.8 Å². The number of hydrogen-bond donors (Lipinski definition) is 2. The van der Waals surface area contributed by atoms with Crippen LogP contribution in [0.3, 0.4) is 0 Å². The number of thiocarbonyl (C=S) groups is 1. The summed E-state index contributed by atoms with van der Waals surface area (Å²) in [5.41, 5.74) is 9.82. The van der Waals surface area contributed by atoms with Crippen molar-refractivity contribution in [3.63, 3.8) is 0 Å². The van der Waals surface area contributed by atoms with Crippen molar-refractivity contribution in [2.24, 2.45) is 11.0 Å². The van der Waals surface area contributed by atoms with Gasteiger partial charge in [0.25, 0.3) is 5.91 Å². The Hall–Kier alpha value is -2.94. The van der Waals surface area contributed by atoms with Gasteiger partial charge in [-0.05, 0) is 62.0 Å². The fraction of sp³-hybridized carbons (Fsp3) is 0.500. The number of esters is 1. The summed E-state index contributed by atoms with van der Waals surface area (Å²) in [7, 11) is 1.42. The zero-order valence-electron chi connectivity index (χ0n) is 20.2. The number of benzene rings is 1. The van der Waals surface area contributed by atoms with Crippen molar-refractivity contribution >= 4 is 40.6 Å². The van der Waals surface area contributed by atoms with Crippen LogP contribution in [-0.2, 0) is 19.7 Å². The first-order valence-corrected chi connectivity index (χ1v) is 11.5. The standard InChI is InChI=1S/C24H33N5O3S/c1-15(25-26-23(33)28-13-11-17(12-14-28)22(31)32-6)20-16(2)27-29(21(20)30)19-9-7-18(8-10-19)24(3,4)5/h7-10,17,25H,11-14H2,1-6H3,(H,26,33)/b20-15-. The number of likely N-dealkylation sites (tertiary alicyclic amines) is 1. The van der Waals surface area contributed by atoms with E-state index in [1.54, 1.807) is 0 Å². The summed E-state index contributed by atoms with van der Waals surface area (Å²) in [5, 5.41) is 6.42. The Morgan fingerprint density at radius 2 is 1.76 bits per heavy atom. The Kier molecular flexibility index (Phi) is 7.41. The normalized spacial score (nSPS) is 18.7. The molecule has 178 valence electrons. The highest BCUT2D eigenvalue weighted by Gasteiger charge is 2.31. The Morgan fingerprint density at radius 1 is 1.15 bits per heavy atom. The van der Waals surface area contributed by atoms with E-state index in [9.17, 15) is 9.59 Å². The summed E-state index contributed by atoms with van der Waals surface area (Å²) in [6.07, 6.45) is 1.39. The maximum atomic E-state index is 13.1. The van der Waals surface area contributed by atoms with Crippen LogP contribution in [0.4, 0.5) is 5.69 Å². The van der Waals surface area contributed by atoms with Crippen LogP contribution < -0.4 is 15.9 Å². The number of amides is 1. The highest BCUT2D eigenvalue weighted by Crippen LogP contribution is 2.28. The summed E-state index contributed by atoms with van der Waals surface area (Å²) in [6.45, 7) is 11.4. The number of carbonyl (C=O) groups is 2. The number of hydrogen-bond acceptors (Lipinski definition) is 6. The largest absolute Gasteiger partial charge is 0.469 e. The van der Waals surface area contributed by atoms with Crippen LogP contribution in [0, 0.1) is 5.92 Å². The fourth-order valence-corrected chi connectivity index (χ4v) is 4.22.